The van der Waals surface area contributed by atoms with E-state index in [1.807, 2.05) is 13.0 Å². The highest BCUT2D eigenvalue weighted by Crippen LogP contribution is 2.29. The van der Waals surface area contributed by atoms with Crippen molar-refractivity contribution >= 4 is 5.82 Å². The number of anilines is 1. The lowest BCUT2D eigenvalue weighted by Crippen LogP contribution is -2.17. The van der Waals surface area contributed by atoms with Crippen LogP contribution in [0.1, 0.15) is 50.8 Å². The van der Waals surface area contributed by atoms with Gasteiger partial charge in [0.05, 0.1) is 5.56 Å². The zero-order valence-electron chi connectivity index (χ0n) is 12.3. The largest absolute Gasteiger partial charge is 0.433 e. The van der Waals surface area contributed by atoms with E-state index in [-0.39, 0.29) is 11.4 Å². The summed E-state index contributed by atoms with van der Waals surface area (Å²) < 4.78 is 38.0. The van der Waals surface area contributed by atoms with E-state index in [4.69, 9.17) is 5.26 Å². The van der Waals surface area contributed by atoms with Crippen LogP contribution in [0, 0.1) is 17.2 Å². The molecule has 1 unspecified atom stereocenters. The molecule has 1 N–H and O–H groups in total. The number of aromatic nitrogens is 1. The maximum Gasteiger partial charge on any atom is 0.433 e. The Morgan fingerprint density at radius 2 is 2.05 bits per heavy atom. The molecule has 1 rings (SSSR count). The smallest absolute Gasteiger partial charge is 0.369 e. The molecule has 0 radical (unpaired) electrons. The number of alkyl halides is 3. The van der Waals surface area contributed by atoms with Crippen LogP contribution in [0.5, 0.6) is 0 Å². The van der Waals surface area contributed by atoms with E-state index in [2.05, 4.69) is 17.2 Å². The maximum atomic E-state index is 12.7. The SMILES string of the molecule is CCCCC(CC)CNc1nc(C(F)(F)F)ccc1C#N. The quantitative estimate of drug-likeness (QED) is 0.800. The molecule has 0 aliphatic heterocycles. The van der Waals surface area contributed by atoms with Gasteiger partial charge in [-0.25, -0.2) is 4.98 Å². The summed E-state index contributed by atoms with van der Waals surface area (Å²) in [6.07, 6.45) is -0.380. The van der Waals surface area contributed by atoms with Crippen molar-refractivity contribution < 1.29 is 13.2 Å². The number of rotatable bonds is 7. The molecule has 0 fully saturated rings. The second-order valence-corrected chi connectivity index (χ2v) is 5.00. The fourth-order valence-corrected chi connectivity index (χ4v) is 2.03. The van der Waals surface area contributed by atoms with E-state index >= 15 is 0 Å². The van der Waals surface area contributed by atoms with E-state index in [1.165, 1.54) is 0 Å². The Kier molecular flexibility index (Phi) is 6.47. The minimum atomic E-state index is -4.50. The standard InChI is InChI=1S/C15H20F3N3/c1-3-5-6-11(4-2)10-20-14-12(9-19)7-8-13(21-14)15(16,17)18/h7-8,11H,3-6,10H2,1-2H3,(H,20,21). The summed E-state index contributed by atoms with van der Waals surface area (Å²) >= 11 is 0. The molecular weight excluding hydrogens is 279 g/mol. The van der Waals surface area contributed by atoms with Crippen molar-refractivity contribution in [2.45, 2.75) is 45.7 Å². The highest BCUT2D eigenvalue weighted by atomic mass is 19.4. The van der Waals surface area contributed by atoms with Gasteiger partial charge in [0.2, 0.25) is 0 Å². The monoisotopic (exact) mass is 299 g/mol. The van der Waals surface area contributed by atoms with Gasteiger partial charge in [-0.15, -0.1) is 0 Å². The summed E-state index contributed by atoms with van der Waals surface area (Å²) in [5.74, 6) is 0.384. The lowest BCUT2D eigenvalue weighted by Gasteiger charge is -2.17. The van der Waals surface area contributed by atoms with Crippen molar-refractivity contribution in [3.05, 3.63) is 23.4 Å². The molecule has 0 aliphatic carbocycles. The van der Waals surface area contributed by atoms with Gasteiger partial charge in [-0.05, 0) is 24.5 Å². The lowest BCUT2D eigenvalue weighted by molar-refractivity contribution is -0.141. The lowest BCUT2D eigenvalue weighted by atomic mass is 9.99. The minimum Gasteiger partial charge on any atom is -0.369 e. The molecule has 0 aromatic carbocycles. The molecule has 0 aliphatic rings. The van der Waals surface area contributed by atoms with Gasteiger partial charge in [0.15, 0.2) is 0 Å². The van der Waals surface area contributed by atoms with Crippen LogP contribution in [0.2, 0.25) is 0 Å². The first kappa shape index (κ1) is 17.3. The van der Waals surface area contributed by atoms with Crippen LogP contribution in [0.25, 0.3) is 0 Å². The summed E-state index contributed by atoms with van der Waals surface area (Å²) in [7, 11) is 0. The Balaban J connectivity index is 2.83. The van der Waals surface area contributed by atoms with E-state index < -0.39 is 11.9 Å². The number of hydrogen-bond acceptors (Lipinski definition) is 3. The van der Waals surface area contributed by atoms with E-state index in [1.54, 1.807) is 0 Å². The molecule has 1 atom stereocenters. The van der Waals surface area contributed by atoms with Gasteiger partial charge >= 0.3 is 6.18 Å². The van der Waals surface area contributed by atoms with E-state index in [0.717, 1.165) is 37.8 Å². The van der Waals surface area contributed by atoms with Gasteiger partial charge in [0, 0.05) is 6.54 Å². The zero-order valence-corrected chi connectivity index (χ0v) is 12.3. The van der Waals surface area contributed by atoms with E-state index in [0.29, 0.717) is 12.5 Å². The average Bonchev–Trinajstić information content (AvgIpc) is 2.46. The molecule has 1 aromatic rings. The predicted molar refractivity (Wildman–Crippen MR) is 75.7 cm³/mol. The van der Waals surface area contributed by atoms with Crippen LogP contribution in [0.3, 0.4) is 0 Å². The Bertz CT molecular complexity index is 492. The number of nitriles is 1. The average molecular weight is 299 g/mol. The molecule has 0 bridgehead atoms. The number of unbranched alkanes of at least 4 members (excludes halogenated alkanes) is 1. The molecule has 0 saturated carbocycles. The van der Waals surface area contributed by atoms with Gasteiger partial charge in [0.1, 0.15) is 17.6 Å². The zero-order chi connectivity index (χ0) is 15.9. The molecular formula is C15H20F3N3. The Morgan fingerprint density at radius 1 is 1.33 bits per heavy atom. The highest BCUT2D eigenvalue weighted by Gasteiger charge is 2.33. The second-order valence-electron chi connectivity index (χ2n) is 5.00. The van der Waals surface area contributed by atoms with Crippen molar-refractivity contribution in [2.75, 3.05) is 11.9 Å². The number of nitrogens with zero attached hydrogens (tertiary/aromatic N) is 2. The van der Waals surface area contributed by atoms with Gasteiger partial charge in [-0.2, -0.15) is 18.4 Å². The predicted octanol–water partition coefficient (Wildman–Crippen LogP) is 4.60. The molecule has 0 saturated heterocycles. The van der Waals surface area contributed by atoms with E-state index in [9.17, 15) is 13.2 Å². The number of nitrogens with one attached hydrogen (secondary N) is 1. The fourth-order valence-electron chi connectivity index (χ4n) is 2.03. The van der Waals surface area contributed by atoms with Crippen LogP contribution >= 0.6 is 0 Å². The van der Waals surface area contributed by atoms with Crippen LogP contribution in [-0.2, 0) is 6.18 Å². The normalized spacial score (nSPS) is 12.8. The van der Waals surface area contributed by atoms with Crippen molar-refractivity contribution in [2.24, 2.45) is 5.92 Å². The third-order valence-electron chi connectivity index (χ3n) is 3.41. The minimum absolute atomic E-state index is 0.0160. The van der Waals surface area contributed by atoms with Gasteiger partial charge in [-0.1, -0.05) is 33.1 Å². The first-order valence-corrected chi connectivity index (χ1v) is 7.14. The third-order valence-corrected chi connectivity index (χ3v) is 3.41. The van der Waals surface area contributed by atoms with Crippen LogP contribution < -0.4 is 5.32 Å². The summed E-state index contributed by atoms with van der Waals surface area (Å²) in [6.45, 7) is 4.68. The van der Waals surface area contributed by atoms with Crippen LogP contribution in [-0.4, -0.2) is 11.5 Å². The molecule has 0 amide bonds. The first-order valence-electron chi connectivity index (χ1n) is 7.14. The van der Waals surface area contributed by atoms with Crippen molar-refractivity contribution in [1.82, 2.24) is 4.98 Å². The summed E-state index contributed by atoms with van der Waals surface area (Å²) in [4.78, 5) is 3.54. The molecule has 6 heteroatoms. The van der Waals surface area contributed by atoms with Crippen molar-refractivity contribution in [1.29, 1.82) is 5.26 Å². The molecule has 1 heterocycles. The Labute approximate surface area is 123 Å². The first-order chi connectivity index (χ1) is 9.92. The molecule has 116 valence electrons. The van der Waals surface area contributed by atoms with Gasteiger partial charge < -0.3 is 5.32 Å². The summed E-state index contributed by atoms with van der Waals surface area (Å²) in [5, 5.41) is 11.9. The maximum absolute atomic E-state index is 12.7. The van der Waals surface area contributed by atoms with Crippen LogP contribution in [0.4, 0.5) is 19.0 Å². The van der Waals surface area contributed by atoms with Gasteiger partial charge in [-0.3, -0.25) is 0 Å². The fraction of sp³-hybridized carbons (Fsp3) is 0.600. The molecule has 3 nitrogen and oxygen atoms in total. The Morgan fingerprint density at radius 3 is 2.57 bits per heavy atom. The topological polar surface area (TPSA) is 48.7 Å². The second kappa shape index (κ2) is 7.87. The summed E-state index contributed by atoms with van der Waals surface area (Å²) in [6, 6.07) is 3.86. The number of hydrogen-bond donors (Lipinski definition) is 1. The number of pyridine rings is 1. The molecule has 1 aromatic heterocycles. The molecule has 21 heavy (non-hydrogen) atoms. The molecule has 0 spiro atoms. The summed E-state index contributed by atoms with van der Waals surface area (Å²) in [5.41, 5.74) is -0.848. The van der Waals surface area contributed by atoms with Gasteiger partial charge in [0.25, 0.3) is 0 Å². The third kappa shape index (κ3) is 5.25. The Hall–Kier alpha value is -1.77. The highest BCUT2D eigenvalue weighted by molar-refractivity contribution is 5.52. The van der Waals surface area contributed by atoms with Crippen molar-refractivity contribution in [3.63, 3.8) is 0 Å². The van der Waals surface area contributed by atoms with Crippen molar-refractivity contribution in [3.8, 4) is 6.07 Å². The number of halogens is 3. The van der Waals surface area contributed by atoms with Crippen LogP contribution in [0.15, 0.2) is 12.1 Å².